The molecule has 9 rings (SSSR count). The van der Waals surface area contributed by atoms with Gasteiger partial charge in [0.1, 0.15) is 0 Å². The first-order chi connectivity index (χ1) is 21.8. The molecule has 0 aliphatic heterocycles. The normalized spacial score (nSPS) is 11.6. The summed E-state index contributed by atoms with van der Waals surface area (Å²) in [7, 11) is 0. The predicted octanol–water partition coefficient (Wildman–Crippen LogP) is 11.3. The molecule has 0 atom stereocenters. The second-order valence-electron chi connectivity index (χ2n) is 10.8. The SMILES string of the molecule is c1ccc(-c2nc(-c3cccc4c3sc3ccccc34)nc(-c3cccc4c3sc3c(-c5ccccc5)cccc34)n2)cc1. The van der Waals surface area contributed by atoms with E-state index < -0.39 is 0 Å². The third-order valence-corrected chi connectivity index (χ3v) is 10.7. The van der Waals surface area contributed by atoms with E-state index in [1.54, 1.807) is 11.3 Å². The zero-order valence-electron chi connectivity index (χ0n) is 23.4. The van der Waals surface area contributed by atoms with E-state index in [-0.39, 0.29) is 0 Å². The molecule has 0 N–H and O–H groups in total. The Morgan fingerprint density at radius 1 is 0.318 bits per heavy atom. The van der Waals surface area contributed by atoms with Crippen molar-refractivity contribution in [2.75, 3.05) is 0 Å². The number of hydrogen-bond acceptors (Lipinski definition) is 5. The van der Waals surface area contributed by atoms with Crippen molar-refractivity contribution in [2.45, 2.75) is 0 Å². The van der Waals surface area contributed by atoms with E-state index in [1.165, 1.54) is 51.5 Å². The van der Waals surface area contributed by atoms with Gasteiger partial charge in [0.05, 0.1) is 0 Å². The van der Waals surface area contributed by atoms with Crippen LogP contribution in [-0.4, -0.2) is 15.0 Å². The molecule has 3 heterocycles. The Labute approximate surface area is 261 Å². The lowest BCUT2D eigenvalue weighted by molar-refractivity contribution is 1.08. The maximum atomic E-state index is 5.21. The topological polar surface area (TPSA) is 38.7 Å². The van der Waals surface area contributed by atoms with E-state index in [2.05, 4.69) is 121 Å². The number of hydrogen-bond donors (Lipinski definition) is 0. The van der Waals surface area contributed by atoms with Gasteiger partial charge in [0.25, 0.3) is 0 Å². The minimum absolute atomic E-state index is 0.673. The van der Waals surface area contributed by atoms with Crippen LogP contribution >= 0.6 is 22.7 Å². The first-order valence-corrected chi connectivity index (χ1v) is 16.2. The minimum Gasteiger partial charge on any atom is -0.208 e. The summed E-state index contributed by atoms with van der Waals surface area (Å²) >= 11 is 3.61. The monoisotopic (exact) mass is 597 g/mol. The van der Waals surface area contributed by atoms with Crippen LogP contribution in [0.3, 0.4) is 0 Å². The largest absolute Gasteiger partial charge is 0.208 e. The Morgan fingerprint density at radius 2 is 0.773 bits per heavy atom. The van der Waals surface area contributed by atoms with Crippen LogP contribution in [0.5, 0.6) is 0 Å². The smallest absolute Gasteiger partial charge is 0.165 e. The molecule has 0 saturated heterocycles. The molecule has 0 saturated carbocycles. The van der Waals surface area contributed by atoms with E-state index in [4.69, 9.17) is 15.0 Å². The second-order valence-corrected chi connectivity index (χ2v) is 12.9. The molecule has 0 radical (unpaired) electrons. The number of rotatable bonds is 4. The first kappa shape index (κ1) is 25.3. The summed E-state index contributed by atoms with van der Waals surface area (Å²) in [6.45, 7) is 0. The van der Waals surface area contributed by atoms with E-state index in [0.29, 0.717) is 17.5 Å². The highest BCUT2D eigenvalue weighted by Gasteiger charge is 2.19. The maximum Gasteiger partial charge on any atom is 0.165 e. The molecule has 0 amide bonds. The van der Waals surface area contributed by atoms with E-state index >= 15 is 0 Å². The maximum absolute atomic E-state index is 5.21. The third-order valence-electron chi connectivity index (χ3n) is 8.16. The standard InChI is InChI=1S/C39H23N3S2/c1-3-12-24(13-4-1)26-17-9-19-29-30-20-11-22-32(36(30)44-34(26)29)39-41-37(25-14-5-2-6-15-25)40-38(42-39)31-21-10-18-28-27-16-7-8-23-33(27)43-35(28)31/h1-23H. The number of thiophene rings is 2. The molecule has 206 valence electrons. The van der Waals surface area contributed by atoms with Gasteiger partial charge in [-0.1, -0.05) is 121 Å². The van der Waals surface area contributed by atoms with Crippen molar-refractivity contribution in [3.05, 3.63) is 140 Å². The zero-order chi connectivity index (χ0) is 29.0. The van der Waals surface area contributed by atoms with Gasteiger partial charge in [-0.3, -0.25) is 0 Å². The van der Waals surface area contributed by atoms with Gasteiger partial charge in [-0.2, -0.15) is 0 Å². The van der Waals surface area contributed by atoms with Gasteiger partial charge in [0.15, 0.2) is 17.5 Å². The van der Waals surface area contributed by atoms with Crippen LogP contribution in [0.2, 0.25) is 0 Å². The van der Waals surface area contributed by atoms with Crippen LogP contribution in [0.15, 0.2) is 140 Å². The molecule has 0 aliphatic carbocycles. The molecular formula is C39H23N3S2. The molecule has 0 unspecified atom stereocenters. The van der Waals surface area contributed by atoms with Gasteiger partial charge in [-0.25, -0.2) is 15.0 Å². The molecule has 0 fully saturated rings. The number of fused-ring (bicyclic) bond motifs is 6. The first-order valence-electron chi connectivity index (χ1n) is 14.5. The van der Waals surface area contributed by atoms with Gasteiger partial charge in [-0.05, 0) is 29.3 Å². The molecule has 3 aromatic heterocycles. The molecule has 5 heteroatoms. The molecular weight excluding hydrogens is 575 g/mol. The van der Waals surface area contributed by atoms with Crippen molar-refractivity contribution in [3.63, 3.8) is 0 Å². The van der Waals surface area contributed by atoms with Crippen molar-refractivity contribution in [1.82, 2.24) is 15.0 Å². The van der Waals surface area contributed by atoms with Gasteiger partial charge in [0, 0.05) is 57.0 Å². The Bertz CT molecular complexity index is 2500. The van der Waals surface area contributed by atoms with Crippen LogP contribution in [0, 0.1) is 0 Å². The Hall–Kier alpha value is -5.23. The van der Waals surface area contributed by atoms with Gasteiger partial charge in [0.2, 0.25) is 0 Å². The molecule has 6 aromatic carbocycles. The highest BCUT2D eigenvalue weighted by molar-refractivity contribution is 7.27. The fourth-order valence-electron chi connectivity index (χ4n) is 6.10. The average Bonchev–Trinajstić information content (AvgIpc) is 3.67. The highest BCUT2D eigenvalue weighted by Crippen LogP contribution is 2.44. The fourth-order valence-corrected chi connectivity index (χ4v) is 8.65. The predicted molar refractivity (Wildman–Crippen MR) is 187 cm³/mol. The van der Waals surface area contributed by atoms with E-state index in [9.17, 15) is 0 Å². The Balaban J connectivity index is 1.31. The van der Waals surface area contributed by atoms with Crippen molar-refractivity contribution >= 4 is 63.0 Å². The number of benzene rings is 6. The van der Waals surface area contributed by atoms with Gasteiger partial charge >= 0.3 is 0 Å². The van der Waals surface area contributed by atoms with Crippen molar-refractivity contribution < 1.29 is 0 Å². The Morgan fingerprint density at radius 3 is 1.43 bits per heavy atom. The van der Waals surface area contributed by atoms with Crippen molar-refractivity contribution in [2.24, 2.45) is 0 Å². The highest BCUT2D eigenvalue weighted by atomic mass is 32.1. The molecule has 0 spiro atoms. The summed E-state index contributed by atoms with van der Waals surface area (Å²) in [4.78, 5) is 15.4. The summed E-state index contributed by atoms with van der Waals surface area (Å²) in [5.74, 6) is 2.05. The van der Waals surface area contributed by atoms with Crippen LogP contribution in [0.1, 0.15) is 0 Å². The van der Waals surface area contributed by atoms with Gasteiger partial charge in [-0.15, -0.1) is 22.7 Å². The minimum atomic E-state index is 0.673. The van der Waals surface area contributed by atoms with Crippen LogP contribution in [0.4, 0.5) is 0 Å². The fraction of sp³-hybridized carbons (Fsp3) is 0. The number of aromatic nitrogens is 3. The van der Waals surface area contributed by atoms with Crippen LogP contribution in [-0.2, 0) is 0 Å². The van der Waals surface area contributed by atoms with Crippen molar-refractivity contribution in [1.29, 1.82) is 0 Å². The van der Waals surface area contributed by atoms with Gasteiger partial charge < -0.3 is 0 Å². The van der Waals surface area contributed by atoms with Crippen molar-refractivity contribution in [3.8, 4) is 45.3 Å². The molecule has 44 heavy (non-hydrogen) atoms. The Kier molecular flexibility index (Phi) is 5.86. The summed E-state index contributed by atoms with van der Waals surface area (Å²) in [5, 5.41) is 4.96. The average molecular weight is 598 g/mol. The lowest BCUT2D eigenvalue weighted by Crippen LogP contribution is -2.00. The lowest BCUT2D eigenvalue weighted by atomic mass is 10.0. The molecule has 0 aliphatic rings. The zero-order valence-corrected chi connectivity index (χ0v) is 25.1. The summed E-state index contributed by atoms with van der Waals surface area (Å²) < 4.78 is 4.91. The molecule has 9 aromatic rings. The molecule has 0 bridgehead atoms. The number of nitrogens with zero attached hydrogens (tertiary/aromatic N) is 3. The van der Waals surface area contributed by atoms with Crippen LogP contribution < -0.4 is 0 Å². The quantitative estimate of drug-likeness (QED) is 0.203. The van der Waals surface area contributed by atoms with E-state index in [0.717, 1.165) is 16.7 Å². The molecule has 3 nitrogen and oxygen atoms in total. The second kappa shape index (κ2) is 10.2. The summed E-state index contributed by atoms with van der Waals surface area (Å²) in [6.07, 6.45) is 0. The summed E-state index contributed by atoms with van der Waals surface area (Å²) in [5.41, 5.74) is 5.48. The third kappa shape index (κ3) is 4.05. The lowest BCUT2D eigenvalue weighted by Gasteiger charge is -2.09. The van der Waals surface area contributed by atoms with Crippen LogP contribution in [0.25, 0.3) is 85.6 Å². The van der Waals surface area contributed by atoms with E-state index in [1.807, 2.05) is 29.5 Å². The summed E-state index contributed by atoms with van der Waals surface area (Å²) in [6, 6.07) is 48.9.